The first-order chi connectivity index (χ1) is 9.34. The van der Waals surface area contributed by atoms with Gasteiger partial charge in [0.25, 0.3) is 0 Å². The van der Waals surface area contributed by atoms with Crippen LogP contribution in [0.15, 0.2) is 35.7 Å². The molecular formula is C13H16O5S2. The van der Waals surface area contributed by atoms with Gasteiger partial charge in [0.05, 0.1) is 18.1 Å². The first-order valence-corrected chi connectivity index (χ1v) is 9.61. The number of sulfone groups is 2. The van der Waals surface area contributed by atoms with E-state index in [0.717, 1.165) is 5.41 Å². The van der Waals surface area contributed by atoms with Gasteiger partial charge in [-0.3, -0.25) is 0 Å². The van der Waals surface area contributed by atoms with E-state index in [4.69, 9.17) is 4.74 Å². The van der Waals surface area contributed by atoms with E-state index >= 15 is 0 Å². The van der Waals surface area contributed by atoms with E-state index < -0.39 is 30.7 Å². The topological polar surface area (TPSA) is 77.5 Å². The first kappa shape index (κ1) is 15.1. The number of ether oxygens (including phenoxy) is 1. The van der Waals surface area contributed by atoms with Crippen LogP contribution in [0.4, 0.5) is 0 Å². The summed E-state index contributed by atoms with van der Waals surface area (Å²) in [4.78, 5) is 0. The lowest BCUT2D eigenvalue weighted by molar-refractivity contribution is 0.340. The van der Waals surface area contributed by atoms with Crippen LogP contribution >= 0.6 is 0 Å². The number of hydrogen-bond acceptors (Lipinski definition) is 5. The summed E-state index contributed by atoms with van der Waals surface area (Å²) < 4.78 is 53.1. The van der Waals surface area contributed by atoms with Gasteiger partial charge in [-0.1, -0.05) is 18.2 Å². The van der Waals surface area contributed by atoms with Crippen molar-refractivity contribution in [1.82, 2.24) is 0 Å². The Bertz CT molecular complexity index is 700. The molecule has 5 nitrogen and oxygen atoms in total. The summed E-state index contributed by atoms with van der Waals surface area (Å²) in [6.45, 7) is 2.36. The van der Waals surface area contributed by atoms with E-state index in [9.17, 15) is 16.8 Å². The maximum absolute atomic E-state index is 12.2. The monoisotopic (exact) mass is 316 g/mol. The molecule has 2 rings (SSSR count). The van der Waals surface area contributed by atoms with Crippen molar-refractivity contribution < 1.29 is 21.6 Å². The van der Waals surface area contributed by atoms with Crippen molar-refractivity contribution in [2.45, 2.75) is 12.2 Å². The highest BCUT2D eigenvalue weighted by molar-refractivity contribution is 7.97. The number of hydrogen-bond donors (Lipinski definition) is 0. The Morgan fingerprint density at radius 1 is 1.15 bits per heavy atom. The Kier molecular flexibility index (Phi) is 4.19. The summed E-state index contributed by atoms with van der Waals surface area (Å²) in [5.74, 6) is -0.0487. The molecule has 1 heterocycles. The van der Waals surface area contributed by atoms with Crippen LogP contribution in [-0.4, -0.2) is 34.9 Å². The largest absolute Gasteiger partial charge is 0.494 e. The van der Waals surface area contributed by atoms with Crippen LogP contribution in [-0.2, 0) is 19.7 Å². The van der Waals surface area contributed by atoms with Crippen molar-refractivity contribution in [3.63, 3.8) is 0 Å². The van der Waals surface area contributed by atoms with Gasteiger partial charge in [0, 0.05) is 5.41 Å². The quantitative estimate of drug-likeness (QED) is 0.844. The molecule has 20 heavy (non-hydrogen) atoms. The normalized spacial score (nSPS) is 23.9. The van der Waals surface area contributed by atoms with Gasteiger partial charge in [-0.25, -0.2) is 16.8 Å². The van der Waals surface area contributed by atoms with E-state index in [2.05, 4.69) is 0 Å². The molecule has 0 N–H and O–H groups in total. The Morgan fingerprint density at radius 2 is 1.80 bits per heavy atom. The van der Waals surface area contributed by atoms with Crippen molar-refractivity contribution in [2.24, 2.45) is 0 Å². The molecule has 0 aliphatic carbocycles. The molecule has 1 aliphatic heterocycles. The number of benzene rings is 1. The zero-order chi connectivity index (χ0) is 14.8. The molecule has 0 fully saturated rings. The van der Waals surface area contributed by atoms with Crippen LogP contribution in [0, 0.1) is 0 Å². The zero-order valence-electron chi connectivity index (χ0n) is 11.0. The molecule has 1 aliphatic rings. The van der Waals surface area contributed by atoms with E-state index in [1.54, 1.807) is 24.3 Å². The molecule has 0 amide bonds. The van der Waals surface area contributed by atoms with E-state index in [0.29, 0.717) is 17.9 Å². The lowest BCUT2D eigenvalue weighted by atomic mass is 10.1. The van der Waals surface area contributed by atoms with Gasteiger partial charge in [0.1, 0.15) is 11.0 Å². The smallest absolute Gasteiger partial charge is 0.172 e. The van der Waals surface area contributed by atoms with Gasteiger partial charge in [-0.2, -0.15) is 0 Å². The molecule has 0 radical (unpaired) electrons. The predicted octanol–water partition coefficient (Wildman–Crippen LogP) is 1.48. The summed E-state index contributed by atoms with van der Waals surface area (Å²) >= 11 is 0. The second-order valence-corrected chi connectivity index (χ2v) is 8.68. The fourth-order valence-corrected chi connectivity index (χ4v) is 5.86. The maximum Gasteiger partial charge on any atom is 0.172 e. The predicted molar refractivity (Wildman–Crippen MR) is 77.1 cm³/mol. The van der Waals surface area contributed by atoms with Gasteiger partial charge < -0.3 is 4.74 Å². The summed E-state index contributed by atoms with van der Waals surface area (Å²) in [5, 5.41) is -0.0442. The average Bonchev–Trinajstić information content (AvgIpc) is 2.47. The third-order valence-electron chi connectivity index (χ3n) is 3.01. The minimum Gasteiger partial charge on any atom is -0.494 e. The summed E-state index contributed by atoms with van der Waals surface area (Å²) in [6.07, 6.45) is 1.19. The van der Waals surface area contributed by atoms with E-state index in [-0.39, 0.29) is 5.75 Å². The summed E-state index contributed by atoms with van der Waals surface area (Å²) in [6, 6.07) is 6.51. The van der Waals surface area contributed by atoms with Crippen LogP contribution < -0.4 is 4.74 Å². The van der Waals surface area contributed by atoms with Crippen molar-refractivity contribution in [1.29, 1.82) is 0 Å². The molecule has 0 spiro atoms. The van der Waals surface area contributed by atoms with E-state index in [1.807, 2.05) is 6.92 Å². The SMILES string of the molecule is CCOc1ccc(C2CS(=O)(=O)C=CCS2(=O)=O)cc1. The summed E-state index contributed by atoms with van der Waals surface area (Å²) in [5.41, 5.74) is 0.473. The Labute approximate surface area is 119 Å². The van der Waals surface area contributed by atoms with Gasteiger partial charge >= 0.3 is 0 Å². The lowest BCUT2D eigenvalue weighted by Crippen LogP contribution is -2.21. The lowest BCUT2D eigenvalue weighted by Gasteiger charge is -2.15. The molecule has 0 aromatic heterocycles. The van der Waals surface area contributed by atoms with Gasteiger partial charge in [0.15, 0.2) is 19.7 Å². The molecule has 0 bridgehead atoms. The second kappa shape index (κ2) is 5.57. The Morgan fingerprint density at radius 3 is 2.40 bits per heavy atom. The maximum atomic E-state index is 12.2. The molecule has 1 unspecified atom stereocenters. The number of rotatable bonds is 3. The fraction of sp³-hybridized carbons (Fsp3) is 0.385. The molecule has 0 saturated heterocycles. The second-order valence-electron chi connectivity index (χ2n) is 4.52. The highest BCUT2D eigenvalue weighted by atomic mass is 32.2. The highest BCUT2D eigenvalue weighted by Crippen LogP contribution is 2.29. The Hall–Kier alpha value is -1.34. The minimum atomic E-state index is -3.52. The van der Waals surface area contributed by atoms with Gasteiger partial charge in [0.2, 0.25) is 0 Å². The van der Waals surface area contributed by atoms with Crippen molar-refractivity contribution >= 4 is 19.7 Å². The molecule has 1 atom stereocenters. The molecule has 1 aromatic rings. The van der Waals surface area contributed by atoms with Crippen molar-refractivity contribution in [2.75, 3.05) is 18.1 Å². The van der Waals surface area contributed by atoms with Gasteiger partial charge in [-0.15, -0.1) is 0 Å². The van der Waals surface area contributed by atoms with Crippen LogP contribution in [0.25, 0.3) is 0 Å². The van der Waals surface area contributed by atoms with Crippen LogP contribution in [0.5, 0.6) is 5.75 Å². The van der Waals surface area contributed by atoms with Crippen LogP contribution in [0.2, 0.25) is 0 Å². The third kappa shape index (κ3) is 3.40. The molecule has 1 aromatic carbocycles. The van der Waals surface area contributed by atoms with Crippen LogP contribution in [0.3, 0.4) is 0 Å². The van der Waals surface area contributed by atoms with Crippen molar-refractivity contribution in [3.8, 4) is 5.75 Å². The zero-order valence-corrected chi connectivity index (χ0v) is 12.7. The standard InChI is InChI=1S/C13H16O5S2/c1-2-18-12-6-4-11(5-7-12)13-10-19(14,15)8-3-9-20(13,16)17/h3-8,13H,2,9-10H2,1H3. The molecular weight excluding hydrogens is 300 g/mol. The highest BCUT2D eigenvalue weighted by Gasteiger charge is 2.32. The molecule has 7 heteroatoms. The Balaban J connectivity index is 2.38. The first-order valence-electron chi connectivity index (χ1n) is 6.18. The molecule has 0 saturated carbocycles. The summed E-state index contributed by atoms with van der Waals surface area (Å²) in [7, 11) is -7.01. The minimum absolute atomic E-state index is 0.260. The fourth-order valence-electron chi connectivity index (χ4n) is 2.06. The third-order valence-corrected chi connectivity index (χ3v) is 6.59. The average molecular weight is 316 g/mol. The van der Waals surface area contributed by atoms with Crippen molar-refractivity contribution in [3.05, 3.63) is 41.3 Å². The van der Waals surface area contributed by atoms with Crippen LogP contribution in [0.1, 0.15) is 17.7 Å². The van der Waals surface area contributed by atoms with E-state index in [1.165, 1.54) is 6.08 Å². The molecule has 110 valence electrons. The van der Waals surface area contributed by atoms with Gasteiger partial charge in [-0.05, 0) is 24.6 Å².